The highest BCUT2D eigenvalue weighted by Gasteiger charge is 2.22. The smallest absolute Gasteiger partial charge is 0.258 e. The van der Waals surface area contributed by atoms with Gasteiger partial charge >= 0.3 is 0 Å². The summed E-state index contributed by atoms with van der Waals surface area (Å²) in [6.07, 6.45) is 2.06. The zero-order valence-corrected chi connectivity index (χ0v) is 8.45. The van der Waals surface area contributed by atoms with Crippen LogP contribution in [0.4, 0.5) is 5.69 Å². The number of non-ortho nitro benzene ring substituents is 1. The molecule has 0 N–H and O–H groups in total. The molecule has 0 aromatic heterocycles. The van der Waals surface area contributed by atoms with Crippen molar-refractivity contribution in [2.45, 2.75) is 17.7 Å². The van der Waals surface area contributed by atoms with E-state index in [0.717, 1.165) is 18.4 Å². The van der Waals surface area contributed by atoms with E-state index in [4.69, 9.17) is 0 Å². The Balaban J connectivity index is 2.47. The number of fused-ring (bicyclic) bond motifs is 1. The van der Waals surface area contributed by atoms with Crippen LogP contribution in [0.25, 0.3) is 0 Å². The predicted molar refractivity (Wildman–Crippen MR) is 53.1 cm³/mol. The van der Waals surface area contributed by atoms with E-state index < -0.39 is 0 Å². The minimum Gasteiger partial charge on any atom is -0.258 e. The van der Waals surface area contributed by atoms with E-state index in [1.165, 1.54) is 5.56 Å². The van der Waals surface area contributed by atoms with Crippen LogP contribution in [0.15, 0.2) is 18.2 Å². The molecule has 0 radical (unpaired) electrons. The van der Waals surface area contributed by atoms with Gasteiger partial charge in [0, 0.05) is 17.0 Å². The number of hydrogen-bond donors (Lipinski definition) is 0. The van der Waals surface area contributed by atoms with Gasteiger partial charge < -0.3 is 0 Å². The number of alkyl halides is 1. The third-order valence-corrected chi connectivity index (χ3v) is 3.30. The third-order valence-electron chi connectivity index (χ3n) is 2.34. The van der Waals surface area contributed by atoms with Crippen LogP contribution < -0.4 is 0 Å². The largest absolute Gasteiger partial charge is 0.269 e. The second-order valence-electron chi connectivity index (χ2n) is 3.15. The molecule has 13 heavy (non-hydrogen) atoms. The number of nitrogens with zero attached hydrogens (tertiary/aromatic N) is 1. The van der Waals surface area contributed by atoms with E-state index in [-0.39, 0.29) is 10.6 Å². The molecule has 0 fully saturated rings. The van der Waals surface area contributed by atoms with Gasteiger partial charge in [-0.2, -0.15) is 0 Å². The maximum Gasteiger partial charge on any atom is 0.269 e. The van der Waals surface area contributed by atoms with E-state index in [1.807, 2.05) is 6.07 Å². The number of aryl methyl sites for hydroxylation is 1. The third kappa shape index (κ3) is 1.46. The van der Waals surface area contributed by atoms with E-state index in [2.05, 4.69) is 15.9 Å². The Hall–Kier alpha value is -0.900. The van der Waals surface area contributed by atoms with Crippen LogP contribution in [0.1, 0.15) is 22.4 Å². The molecule has 1 aliphatic carbocycles. The van der Waals surface area contributed by atoms with Gasteiger partial charge in [-0.05, 0) is 24.0 Å². The van der Waals surface area contributed by atoms with Gasteiger partial charge in [-0.25, -0.2) is 0 Å². The van der Waals surface area contributed by atoms with Gasteiger partial charge in [0.05, 0.1) is 4.92 Å². The Kier molecular flexibility index (Phi) is 2.07. The monoisotopic (exact) mass is 241 g/mol. The Labute approximate surface area is 84.0 Å². The van der Waals surface area contributed by atoms with Gasteiger partial charge in [-0.1, -0.05) is 22.0 Å². The molecule has 1 atom stereocenters. The summed E-state index contributed by atoms with van der Waals surface area (Å²) in [6, 6.07) is 5.10. The normalized spacial score (nSPS) is 19.9. The van der Waals surface area contributed by atoms with Crippen molar-refractivity contribution in [3.63, 3.8) is 0 Å². The van der Waals surface area contributed by atoms with Crippen LogP contribution >= 0.6 is 15.9 Å². The average Bonchev–Trinajstić information content (AvgIpc) is 2.47. The van der Waals surface area contributed by atoms with Crippen LogP contribution in [-0.4, -0.2) is 4.92 Å². The standard InChI is InChI=1S/C9H8BrNO2/c10-9-4-2-6-1-3-7(11(12)13)5-8(6)9/h1,3,5,9H,2,4H2. The lowest BCUT2D eigenvalue weighted by Crippen LogP contribution is -1.90. The maximum atomic E-state index is 10.5. The molecule has 0 saturated carbocycles. The lowest BCUT2D eigenvalue weighted by atomic mass is 10.1. The van der Waals surface area contributed by atoms with Crippen LogP contribution in [0, 0.1) is 10.1 Å². The topological polar surface area (TPSA) is 43.1 Å². The summed E-state index contributed by atoms with van der Waals surface area (Å²) in [5.74, 6) is 0. The number of benzene rings is 1. The number of nitro benzene ring substituents is 1. The number of hydrogen-bond acceptors (Lipinski definition) is 2. The van der Waals surface area contributed by atoms with Crippen LogP contribution in [0.2, 0.25) is 0 Å². The lowest BCUT2D eigenvalue weighted by molar-refractivity contribution is -0.384. The summed E-state index contributed by atoms with van der Waals surface area (Å²) in [7, 11) is 0. The first-order valence-corrected chi connectivity index (χ1v) is 5.01. The fourth-order valence-electron chi connectivity index (χ4n) is 1.65. The Morgan fingerprint density at radius 3 is 3.00 bits per heavy atom. The van der Waals surface area contributed by atoms with Crippen molar-refractivity contribution < 1.29 is 4.92 Å². The fourth-order valence-corrected chi connectivity index (χ4v) is 2.31. The van der Waals surface area contributed by atoms with Crippen LogP contribution in [0.3, 0.4) is 0 Å². The summed E-state index contributed by atoms with van der Waals surface area (Å²) < 4.78 is 0. The SMILES string of the molecule is O=[N+]([O-])c1ccc2c(c1)C(Br)CC2. The molecule has 1 aliphatic rings. The maximum absolute atomic E-state index is 10.5. The van der Waals surface area contributed by atoms with E-state index >= 15 is 0 Å². The van der Waals surface area contributed by atoms with Gasteiger partial charge in [-0.15, -0.1) is 0 Å². The van der Waals surface area contributed by atoms with Gasteiger partial charge in [0.1, 0.15) is 0 Å². The molecule has 2 rings (SSSR count). The molecule has 3 nitrogen and oxygen atoms in total. The first-order valence-electron chi connectivity index (χ1n) is 4.10. The molecule has 68 valence electrons. The zero-order valence-electron chi connectivity index (χ0n) is 6.87. The highest BCUT2D eigenvalue weighted by molar-refractivity contribution is 9.09. The number of halogens is 1. The summed E-state index contributed by atoms with van der Waals surface area (Å²) in [4.78, 5) is 10.4. The molecular formula is C9H8BrNO2. The lowest BCUT2D eigenvalue weighted by Gasteiger charge is -2.01. The fraction of sp³-hybridized carbons (Fsp3) is 0.333. The molecule has 0 bridgehead atoms. The molecule has 1 unspecified atom stereocenters. The molecule has 0 amide bonds. The Morgan fingerprint density at radius 1 is 1.54 bits per heavy atom. The van der Waals surface area contributed by atoms with E-state index in [0.29, 0.717) is 4.83 Å². The molecule has 0 heterocycles. The highest BCUT2D eigenvalue weighted by atomic mass is 79.9. The zero-order chi connectivity index (χ0) is 9.42. The number of nitro groups is 1. The van der Waals surface area contributed by atoms with Crippen molar-refractivity contribution >= 4 is 21.6 Å². The summed E-state index contributed by atoms with van der Waals surface area (Å²) in [5.41, 5.74) is 2.49. The highest BCUT2D eigenvalue weighted by Crippen LogP contribution is 2.38. The Bertz CT molecular complexity index is 365. The molecule has 0 spiro atoms. The van der Waals surface area contributed by atoms with Gasteiger partial charge in [-0.3, -0.25) is 10.1 Å². The molecular weight excluding hydrogens is 234 g/mol. The first-order chi connectivity index (χ1) is 6.18. The van der Waals surface area contributed by atoms with Gasteiger partial charge in [0.2, 0.25) is 0 Å². The second kappa shape index (κ2) is 3.10. The molecule has 0 saturated heterocycles. The summed E-state index contributed by atoms with van der Waals surface area (Å²) in [5, 5.41) is 10.5. The second-order valence-corrected chi connectivity index (χ2v) is 4.25. The quantitative estimate of drug-likeness (QED) is 0.431. The van der Waals surface area contributed by atoms with Crippen molar-refractivity contribution in [2.24, 2.45) is 0 Å². The van der Waals surface area contributed by atoms with Crippen molar-refractivity contribution in [3.8, 4) is 0 Å². The summed E-state index contributed by atoms with van der Waals surface area (Å²) in [6.45, 7) is 0. The minimum absolute atomic E-state index is 0.185. The van der Waals surface area contributed by atoms with Crippen molar-refractivity contribution in [3.05, 3.63) is 39.4 Å². The minimum atomic E-state index is -0.349. The van der Waals surface area contributed by atoms with Crippen molar-refractivity contribution in [1.82, 2.24) is 0 Å². The van der Waals surface area contributed by atoms with Crippen molar-refractivity contribution in [2.75, 3.05) is 0 Å². The first kappa shape index (κ1) is 8.69. The average molecular weight is 242 g/mol. The van der Waals surface area contributed by atoms with Crippen molar-refractivity contribution in [1.29, 1.82) is 0 Å². The predicted octanol–water partition coefficient (Wildman–Crippen LogP) is 2.98. The van der Waals surface area contributed by atoms with E-state index in [1.54, 1.807) is 12.1 Å². The van der Waals surface area contributed by atoms with E-state index in [9.17, 15) is 10.1 Å². The van der Waals surface area contributed by atoms with Gasteiger partial charge in [0.25, 0.3) is 5.69 Å². The molecule has 1 aromatic carbocycles. The Morgan fingerprint density at radius 2 is 2.31 bits per heavy atom. The van der Waals surface area contributed by atoms with Gasteiger partial charge in [0.15, 0.2) is 0 Å². The number of rotatable bonds is 1. The summed E-state index contributed by atoms with van der Waals surface area (Å²) >= 11 is 3.50. The molecule has 0 aliphatic heterocycles. The van der Waals surface area contributed by atoms with Crippen LogP contribution in [-0.2, 0) is 6.42 Å². The molecule has 4 heteroatoms. The molecule has 1 aromatic rings. The van der Waals surface area contributed by atoms with Crippen LogP contribution in [0.5, 0.6) is 0 Å².